The fourth-order valence-electron chi connectivity index (χ4n) is 11.8. The highest BCUT2D eigenvalue weighted by molar-refractivity contribution is 6.03. The minimum atomic E-state index is -1.44. The number of aliphatic hydroxyl groups excluding tert-OH is 2. The van der Waals surface area contributed by atoms with Gasteiger partial charge in [0.15, 0.2) is 0 Å². The van der Waals surface area contributed by atoms with E-state index in [9.17, 15) is 14.6 Å². The van der Waals surface area contributed by atoms with Gasteiger partial charge in [-0.05, 0) is 114 Å². The van der Waals surface area contributed by atoms with E-state index in [0.29, 0.717) is 36.5 Å². The minimum Gasteiger partial charge on any atom is -0.459 e. The first-order valence-corrected chi connectivity index (χ1v) is 28.0. The number of unbranched alkanes of at least 4 members (excludes halogenated alkanes) is 10. The summed E-state index contributed by atoms with van der Waals surface area (Å²) in [5, 5.41) is 25.3. The topological polar surface area (TPSA) is 110 Å². The lowest BCUT2D eigenvalue weighted by Crippen LogP contribution is -2.70. The zero-order valence-corrected chi connectivity index (χ0v) is 44.1. The predicted molar refractivity (Wildman–Crippen MR) is 297 cm³/mol. The third kappa shape index (κ3) is 14.3. The van der Waals surface area contributed by atoms with Gasteiger partial charge >= 0.3 is 0 Å². The molecule has 0 spiro atoms. The van der Waals surface area contributed by atoms with E-state index in [1.807, 2.05) is 77.7 Å². The van der Waals surface area contributed by atoms with Crippen molar-refractivity contribution in [1.29, 1.82) is 0 Å². The number of benzene rings is 5. The summed E-state index contributed by atoms with van der Waals surface area (Å²) in [6.07, 6.45) is 19.4. The molecular formula is C65H79FN2O7. The van der Waals surface area contributed by atoms with Crippen LogP contribution < -0.4 is 9.47 Å². The zero-order chi connectivity index (χ0) is 52.2. The third-order valence-corrected chi connectivity index (χ3v) is 15.5. The van der Waals surface area contributed by atoms with Gasteiger partial charge in [0.2, 0.25) is 11.7 Å². The van der Waals surface area contributed by atoms with Crippen molar-refractivity contribution in [3.63, 3.8) is 0 Å². The Morgan fingerprint density at radius 3 is 2.11 bits per heavy atom. The van der Waals surface area contributed by atoms with Gasteiger partial charge in [-0.3, -0.25) is 4.79 Å². The first-order valence-electron chi connectivity index (χ1n) is 28.0. The van der Waals surface area contributed by atoms with Crippen LogP contribution in [0.5, 0.6) is 17.2 Å². The van der Waals surface area contributed by atoms with Crippen molar-refractivity contribution in [3.8, 4) is 28.4 Å². The van der Waals surface area contributed by atoms with Gasteiger partial charge in [-0.2, -0.15) is 0 Å². The Balaban J connectivity index is 1.25. The average Bonchev–Trinajstić information content (AvgIpc) is 3.55. The van der Waals surface area contributed by atoms with Crippen molar-refractivity contribution >= 4 is 11.6 Å². The maximum atomic E-state index is 15.3. The number of carbonyl (C=O) groups excluding carboxylic acids is 1. The summed E-state index contributed by atoms with van der Waals surface area (Å²) in [7, 11) is 0. The molecule has 1 saturated carbocycles. The van der Waals surface area contributed by atoms with Crippen LogP contribution >= 0.6 is 0 Å². The number of hydrogen-bond acceptors (Lipinski definition) is 8. The number of fused-ring (bicyclic) bond motifs is 2. The SMILES string of the molecule is C=CCOC12Oc3ccc(Oc4ccc(-c5ccccc5)cc4)cc3C3C(CCCCO)C(CCCCO)C=C(C(=NOCc4ccccc4)CC1N(Cc1ccc(F)cc1)C(=O)CCCCCCCCCCC)C32. The number of rotatable bonds is 30. The highest BCUT2D eigenvalue weighted by atomic mass is 19.1. The van der Waals surface area contributed by atoms with Crippen LogP contribution in [0.1, 0.15) is 139 Å². The fraction of sp³-hybridized carbons (Fsp3) is 0.446. The van der Waals surface area contributed by atoms with E-state index in [1.165, 1.54) is 44.2 Å². The summed E-state index contributed by atoms with van der Waals surface area (Å²) >= 11 is 0. The molecule has 5 aromatic rings. The van der Waals surface area contributed by atoms with Crippen LogP contribution in [-0.2, 0) is 27.5 Å². The number of oxime groups is 1. The molecule has 1 amide bonds. The van der Waals surface area contributed by atoms with Gasteiger partial charge < -0.3 is 34.2 Å². The van der Waals surface area contributed by atoms with Gasteiger partial charge in [0.25, 0.3) is 0 Å². The van der Waals surface area contributed by atoms with E-state index in [0.717, 1.165) is 90.5 Å². The molecule has 6 atom stereocenters. The Morgan fingerprint density at radius 1 is 0.760 bits per heavy atom. The quantitative estimate of drug-likeness (QED) is 0.0268. The molecule has 5 aromatic carbocycles. The standard InChI is InChI=1S/C65H79FN2O7/c1-3-5-6-7-8-9-10-11-18-29-62(71)68(46-48-30-34-53(66)35-31-48)61-45-59(67-73-47-49-23-14-12-15-24-49)57-43-52(27-19-21-40-69)56(28-20-22-41-70)63-58-44-55(38-39-60(58)75-65(61,64(57)63)72-42-4-2)74-54-36-32-51(33-37-54)50-25-16-13-17-26-50/h4,12-17,23-26,30-39,43-44,52,56,61,63-64,69-70H,2-3,5-11,18-22,27-29,40-42,45-47H2,1H3. The lowest BCUT2D eigenvalue weighted by Gasteiger charge is -2.60. The maximum Gasteiger partial charge on any atom is 0.239 e. The summed E-state index contributed by atoms with van der Waals surface area (Å²) in [4.78, 5) is 23.6. The van der Waals surface area contributed by atoms with Gasteiger partial charge in [0.05, 0.1) is 18.2 Å². The molecule has 0 bridgehead atoms. The maximum absolute atomic E-state index is 15.3. The van der Waals surface area contributed by atoms with E-state index in [4.69, 9.17) is 24.2 Å². The minimum absolute atomic E-state index is 0.0315. The van der Waals surface area contributed by atoms with Crippen LogP contribution in [0.4, 0.5) is 4.39 Å². The number of nitrogens with zero attached hydrogens (tertiary/aromatic N) is 2. The Bertz CT molecular complexity index is 2600. The molecule has 0 radical (unpaired) electrons. The molecule has 2 N–H and O–H groups in total. The summed E-state index contributed by atoms with van der Waals surface area (Å²) in [5.41, 5.74) is 6.64. The van der Waals surface area contributed by atoms with Crippen LogP contribution in [-0.4, -0.2) is 58.4 Å². The lowest BCUT2D eigenvalue weighted by molar-refractivity contribution is -0.258. The molecule has 75 heavy (non-hydrogen) atoms. The summed E-state index contributed by atoms with van der Waals surface area (Å²) in [5.74, 6) is -0.445. The van der Waals surface area contributed by atoms with Gasteiger partial charge in [-0.15, -0.1) is 6.58 Å². The molecule has 3 aliphatic rings. The average molecular weight is 1020 g/mol. The van der Waals surface area contributed by atoms with E-state index in [-0.39, 0.29) is 68.9 Å². The molecule has 10 heteroatoms. The van der Waals surface area contributed by atoms with Crippen molar-refractivity contribution in [1.82, 2.24) is 4.90 Å². The van der Waals surface area contributed by atoms with Crippen LogP contribution in [0.2, 0.25) is 0 Å². The highest BCUT2D eigenvalue weighted by Gasteiger charge is 2.65. The lowest BCUT2D eigenvalue weighted by atomic mass is 9.55. The van der Waals surface area contributed by atoms with Crippen molar-refractivity contribution < 1.29 is 38.4 Å². The van der Waals surface area contributed by atoms with E-state index in [2.05, 4.69) is 49.9 Å². The smallest absolute Gasteiger partial charge is 0.239 e. The molecule has 1 aliphatic heterocycles. The third-order valence-electron chi connectivity index (χ3n) is 15.5. The van der Waals surface area contributed by atoms with Crippen molar-refractivity contribution in [2.45, 2.75) is 147 Å². The highest BCUT2D eigenvalue weighted by Crippen LogP contribution is 2.62. The summed E-state index contributed by atoms with van der Waals surface area (Å²) < 4.78 is 36.1. The van der Waals surface area contributed by atoms with Crippen molar-refractivity contribution in [2.75, 3.05) is 19.8 Å². The number of ether oxygens (including phenoxy) is 3. The molecular weight excluding hydrogens is 940 g/mol. The van der Waals surface area contributed by atoms with E-state index < -0.39 is 17.7 Å². The number of aliphatic hydroxyl groups is 2. The van der Waals surface area contributed by atoms with Crippen LogP contribution in [0.25, 0.3) is 11.1 Å². The predicted octanol–water partition coefficient (Wildman–Crippen LogP) is 15.1. The van der Waals surface area contributed by atoms with E-state index in [1.54, 1.807) is 18.2 Å². The van der Waals surface area contributed by atoms with Crippen LogP contribution in [0, 0.1) is 23.6 Å². The molecule has 9 nitrogen and oxygen atoms in total. The number of carbonyl (C=O) groups is 1. The Hall–Kier alpha value is -6.07. The number of halogens is 1. The van der Waals surface area contributed by atoms with Crippen molar-refractivity contribution in [3.05, 3.63) is 174 Å². The first-order chi connectivity index (χ1) is 36.8. The van der Waals surface area contributed by atoms with Gasteiger partial charge in [0.1, 0.15) is 35.7 Å². The van der Waals surface area contributed by atoms with Gasteiger partial charge in [-0.1, -0.05) is 173 Å². The van der Waals surface area contributed by atoms with Crippen LogP contribution in [0.15, 0.2) is 157 Å². The Morgan fingerprint density at radius 2 is 1.41 bits per heavy atom. The molecule has 8 rings (SSSR count). The Kier molecular flexibility index (Phi) is 20.7. The molecule has 398 valence electrons. The normalized spacial score (nSPS) is 21.1. The van der Waals surface area contributed by atoms with E-state index >= 15 is 4.79 Å². The zero-order valence-electron chi connectivity index (χ0n) is 44.1. The molecule has 2 aliphatic carbocycles. The number of amides is 1. The van der Waals surface area contributed by atoms with Gasteiger partial charge in [0, 0.05) is 44.1 Å². The second-order valence-electron chi connectivity index (χ2n) is 20.8. The monoisotopic (exact) mass is 1020 g/mol. The number of allylic oxidation sites excluding steroid dienone is 1. The molecule has 0 aromatic heterocycles. The molecule has 1 fully saturated rings. The summed E-state index contributed by atoms with van der Waals surface area (Å²) in [6, 6.07) is 40.1. The second-order valence-corrected chi connectivity index (χ2v) is 20.8. The second kappa shape index (κ2) is 28.2. The number of hydrogen-bond donors (Lipinski definition) is 2. The van der Waals surface area contributed by atoms with Gasteiger partial charge in [-0.25, -0.2) is 4.39 Å². The fourth-order valence-corrected chi connectivity index (χ4v) is 11.8. The van der Waals surface area contributed by atoms with Crippen LogP contribution in [0.3, 0.4) is 0 Å². The molecule has 6 unspecified atom stereocenters. The summed E-state index contributed by atoms with van der Waals surface area (Å²) in [6.45, 7) is 7.14. The first kappa shape index (κ1) is 55.2. The molecule has 1 heterocycles. The van der Waals surface area contributed by atoms with Crippen molar-refractivity contribution in [2.24, 2.45) is 22.9 Å². The largest absolute Gasteiger partial charge is 0.459 e. The Labute approximate surface area is 445 Å². The molecule has 0 saturated heterocycles.